The molecule has 0 aliphatic carbocycles. The van der Waals surface area contributed by atoms with Gasteiger partial charge in [-0.05, 0) is 6.42 Å². The van der Waals surface area contributed by atoms with Gasteiger partial charge in [-0.15, -0.1) is 0 Å². The molecular weight excluding hydrogens is 245 g/mol. The van der Waals surface area contributed by atoms with Gasteiger partial charge in [-0.2, -0.15) is 0 Å². The molecular formula is C10H8F5NO. The van der Waals surface area contributed by atoms with Crippen LogP contribution in [0.4, 0.5) is 27.6 Å². The first-order valence-electron chi connectivity index (χ1n) is 4.71. The fourth-order valence-electron chi connectivity index (χ4n) is 1.14. The van der Waals surface area contributed by atoms with Crippen LogP contribution in [0.2, 0.25) is 0 Å². The van der Waals surface area contributed by atoms with Gasteiger partial charge in [-0.3, -0.25) is 4.79 Å². The van der Waals surface area contributed by atoms with E-state index < -0.39 is 40.7 Å². The lowest BCUT2D eigenvalue weighted by Gasteiger charge is -2.09. The zero-order chi connectivity index (χ0) is 13.2. The van der Waals surface area contributed by atoms with Gasteiger partial charge in [0.1, 0.15) is 5.69 Å². The molecule has 0 unspecified atom stereocenters. The van der Waals surface area contributed by atoms with Gasteiger partial charge in [0.05, 0.1) is 0 Å². The van der Waals surface area contributed by atoms with Gasteiger partial charge in [0.2, 0.25) is 11.7 Å². The average Bonchev–Trinajstić information content (AvgIpc) is 2.30. The number of amides is 1. The summed E-state index contributed by atoms with van der Waals surface area (Å²) < 4.78 is 64.2. The van der Waals surface area contributed by atoms with Gasteiger partial charge in [0, 0.05) is 6.42 Å². The minimum absolute atomic E-state index is 0.0838. The third-order valence-electron chi connectivity index (χ3n) is 1.95. The first-order valence-corrected chi connectivity index (χ1v) is 4.71. The van der Waals surface area contributed by atoms with Crippen molar-refractivity contribution >= 4 is 11.6 Å². The Morgan fingerprint density at radius 3 is 1.76 bits per heavy atom. The van der Waals surface area contributed by atoms with Crippen LogP contribution in [0.15, 0.2) is 0 Å². The molecule has 7 heteroatoms. The van der Waals surface area contributed by atoms with Crippen molar-refractivity contribution in [2.75, 3.05) is 5.32 Å². The Morgan fingerprint density at radius 2 is 1.35 bits per heavy atom. The maximum atomic E-state index is 13.1. The van der Waals surface area contributed by atoms with Crippen molar-refractivity contribution in [3.05, 3.63) is 29.1 Å². The van der Waals surface area contributed by atoms with Crippen molar-refractivity contribution in [3.63, 3.8) is 0 Å². The first kappa shape index (κ1) is 13.4. The maximum Gasteiger partial charge on any atom is 0.224 e. The molecule has 94 valence electrons. The van der Waals surface area contributed by atoms with E-state index >= 15 is 0 Å². The van der Waals surface area contributed by atoms with E-state index in [1.54, 1.807) is 12.2 Å². The second kappa shape index (κ2) is 5.11. The highest BCUT2D eigenvalue weighted by Gasteiger charge is 2.26. The number of halogens is 5. The Bertz CT molecular complexity index is 431. The van der Waals surface area contributed by atoms with E-state index in [0.29, 0.717) is 6.42 Å². The molecule has 0 saturated heterocycles. The molecule has 2 nitrogen and oxygen atoms in total. The second-order valence-corrected chi connectivity index (χ2v) is 3.24. The lowest BCUT2D eigenvalue weighted by molar-refractivity contribution is -0.116. The smallest absolute Gasteiger partial charge is 0.224 e. The van der Waals surface area contributed by atoms with Gasteiger partial charge >= 0.3 is 0 Å². The molecule has 0 fully saturated rings. The van der Waals surface area contributed by atoms with Crippen molar-refractivity contribution < 1.29 is 26.7 Å². The topological polar surface area (TPSA) is 29.1 Å². The summed E-state index contributed by atoms with van der Waals surface area (Å²) in [6, 6.07) is 0. The van der Waals surface area contributed by atoms with Crippen LogP contribution in [-0.2, 0) is 4.79 Å². The number of anilines is 1. The Kier molecular flexibility index (Phi) is 4.03. The third kappa shape index (κ3) is 2.54. The van der Waals surface area contributed by atoms with Crippen LogP contribution in [-0.4, -0.2) is 5.91 Å². The second-order valence-electron chi connectivity index (χ2n) is 3.24. The van der Waals surface area contributed by atoms with E-state index in [1.165, 1.54) is 0 Å². The van der Waals surface area contributed by atoms with E-state index in [2.05, 4.69) is 0 Å². The number of hydrogen-bond donors (Lipinski definition) is 1. The highest BCUT2D eigenvalue weighted by molar-refractivity contribution is 5.90. The number of rotatable bonds is 3. The fourth-order valence-corrected chi connectivity index (χ4v) is 1.14. The molecule has 1 rings (SSSR count). The molecule has 0 aliphatic heterocycles. The molecule has 0 aromatic heterocycles. The number of benzene rings is 1. The molecule has 0 atom stereocenters. The Morgan fingerprint density at radius 1 is 0.941 bits per heavy atom. The molecule has 1 N–H and O–H groups in total. The van der Waals surface area contributed by atoms with Gasteiger partial charge in [-0.1, -0.05) is 6.92 Å². The van der Waals surface area contributed by atoms with Crippen LogP contribution in [0, 0.1) is 29.1 Å². The summed E-state index contributed by atoms with van der Waals surface area (Å²) in [6.07, 6.45) is 0.292. The maximum absolute atomic E-state index is 13.1. The van der Waals surface area contributed by atoms with Crippen LogP contribution in [0.1, 0.15) is 19.8 Å². The SMILES string of the molecule is CCCC(=O)Nc1c(F)c(F)c(F)c(F)c1F. The molecule has 0 saturated carbocycles. The lowest BCUT2D eigenvalue weighted by Crippen LogP contribution is -2.16. The van der Waals surface area contributed by atoms with Crippen LogP contribution >= 0.6 is 0 Å². The summed E-state index contributed by atoms with van der Waals surface area (Å²) in [5, 5.41) is 1.65. The third-order valence-corrected chi connectivity index (χ3v) is 1.95. The van der Waals surface area contributed by atoms with Crippen molar-refractivity contribution in [3.8, 4) is 0 Å². The van der Waals surface area contributed by atoms with Gasteiger partial charge in [0.15, 0.2) is 23.3 Å². The summed E-state index contributed by atoms with van der Waals surface area (Å²) in [5.74, 6) is -11.4. The summed E-state index contributed by atoms with van der Waals surface area (Å²) in [4.78, 5) is 11.0. The zero-order valence-electron chi connectivity index (χ0n) is 8.71. The fraction of sp³-hybridized carbons (Fsp3) is 0.300. The summed E-state index contributed by atoms with van der Waals surface area (Å²) in [6.45, 7) is 1.62. The zero-order valence-corrected chi connectivity index (χ0v) is 8.71. The number of carbonyl (C=O) groups excluding carboxylic acids is 1. The first-order chi connectivity index (χ1) is 7.90. The van der Waals surface area contributed by atoms with Crippen molar-refractivity contribution in [2.24, 2.45) is 0 Å². The predicted octanol–water partition coefficient (Wildman–Crippen LogP) is 3.12. The molecule has 0 heterocycles. The van der Waals surface area contributed by atoms with Crippen LogP contribution < -0.4 is 5.32 Å². The molecule has 0 bridgehead atoms. The monoisotopic (exact) mass is 253 g/mol. The van der Waals surface area contributed by atoms with E-state index in [1.807, 2.05) is 0 Å². The van der Waals surface area contributed by atoms with E-state index in [-0.39, 0.29) is 6.42 Å². The van der Waals surface area contributed by atoms with Gasteiger partial charge in [-0.25, -0.2) is 22.0 Å². The summed E-state index contributed by atoms with van der Waals surface area (Å²) >= 11 is 0. The van der Waals surface area contributed by atoms with Crippen molar-refractivity contribution in [1.82, 2.24) is 0 Å². The molecule has 1 aromatic carbocycles. The van der Waals surface area contributed by atoms with E-state index in [0.717, 1.165) is 0 Å². The number of carbonyl (C=O) groups is 1. The van der Waals surface area contributed by atoms with E-state index in [9.17, 15) is 26.7 Å². The van der Waals surface area contributed by atoms with Gasteiger partial charge < -0.3 is 5.32 Å². The highest BCUT2D eigenvalue weighted by Crippen LogP contribution is 2.27. The highest BCUT2D eigenvalue weighted by atomic mass is 19.2. The minimum atomic E-state index is -2.26. The van der Waals surface area contributed by atoms with Crippen molar-refractivity contribution in [2.45, 2.75) is 19.8 Å². The van der Waals surface area contributed by atoms with Crippen LogP contribution in [0.3, 0.4) is 0 Å². The molecule has 17 heavy (non-hydrogen) atoms. The quantitative estimate of drug-likeness (QED) is 0.500. The standard InChI is InChI=1S/C10H8F5NO/c1-2-3-4(17)16-10-8(14)6(12)5(11)7(13)9(10)15/h2-3H2,1H3,(H,16,17). The molecule has 1 aromatic rings. The molecule has 0 aliphatic rings. The molecule has 0 spiro atoms. The normalized spacial score (nSPS) is 10.5. The minimum Gasteiger partial charge on any atom is -0.321 e. The Labute approximate surface area is 93.4 Å². The average molecular weight is 253 g/mol. The Hall–Kier alpha value is -1.66. The van der Waals surface area contributed by atoms with Crippen LogP contribution in [0.25, 0.3) is 0 Å². The summed E-state index contributed by atoms with van der Waals surface area (Å²) in [5.41, 5.74) is -1.32. The largest absolute Gasteiger partial charge is 0.321 e. The molecule has 0 radical (unpaired) electrons. The molecule has 1 amide bonds. The predicted molar refractivity (Wildman–Crippen MR) is 49.8 cm³/mol. The van der Waals surface area contributed by atoms with Gasteiger partial charge in [0.25, 0.3) is 0 Å². The van der Waals surface area contributed by atoms with E-state index in [4.69, 9.17) is 0 Å². The summed E-state index contributed by atoms with van der Waals surface area (Å²) in [7, 11) is 0. The van der Waals surface area contributed by atoms with Crippen molar-refractivity contribution in [1.29, 1.82) is 0 Å². The lowest BCUT2D eigenvalue weighted by atomic mass is 10.2. The number of hydrogen-bond acceptors (Lipinski definition) is 1. The Balaban J connectivity index is 3.20. The van der Waals surface area contributed by atoms with Crippen LogP contribution in [0.5, 0.6) is 0 Å². The number of nitrogens with one attached hydrogen (secondary N) is 1.